The summed E-state index contributed by atoms with van der Waals surface area (Å²) in [5.41, 5.74) is 0.768. The molecular formula is C12H20N2O3S. The Morgan fingerprint density at radius 1 is 1.33 bits per heavy atom. The van der Waals surface area contributed by atoms with E-state index in [1.165, 1.54) is 12.5 Å². The van der Waals surface area contributed by atoms with Crippen molar-refractivity contribution >= 4 is 15.3 Å². The van der Waals surface area contributed by atoms with Gasteiger partial charge in [0.2, 0.25) is 5.91 Å². The van der Waals surface area contributed by atoms with E-state index in [-0.39, 0.29) is 12.3 Å². The van der Waals surface area contributed by atoms with Gasteiger partial charge in [0, 0.05) is 19.1 Å². The van der Waals surface area contributed by atoms with Crippen molar-refractivity contribution in [1.82, 2.24) is 5.01 Å². The summed E-state index contributed by atoms with van der Waals surface area (Å²) in [7, 11) is -3.71. The third kappa shape index (κ3) is 3.90. The second kappa shape index (κ2) is 4.79. The monoisotopic (exact) mass is 272 g/mol. The molecule has 0 aliphatic heterocycles. The first kappa shape index (κ1) is 14.8. The van der Waals surface area contributed by atoms with Crippen LogP contribution in [0.3, 0.4) is 0 Å². The van der Waals surface area contributed by atoms with Crippen LogP contribution in [0.25, 0.3) is 0 Å². The van der Waals surface area contributed by atoms with E-state index in [1.54, 1.807) is 31.2 Å². The van der Waals surface area contributed by atoms with Crippen molar-refractivity contribution in [2.75, 3.05) is 19.1 Å². The number of amides is 1. The highest BCUT2D eigenvalue weighted by molar-refractivity contribution is 8.14. The lowest BCUT2D eigenvalue weighted by atomic mass is 10.1. The van der Waals surface area contributed by atoms with Crippen molar-refractivity contribution in [1.29, 1.82) is 0 Å². The number of carbonyl (C=O) groups is 1. The highest BCUT2D eigenvalue weighted by Gasteiger charge is 2.17. The van der Waals surface area contributed by atoms with Crippen LogP contribution >= 0.6 is 0 Å². The van der Waals surface area contributed by atoms with Gasteiger partial charge >= 0.3 is 0 Å². The quantitative estimate of drug-likeness (QED) is 0.484. The molecule has 1 rings (SSSR count). The fraction of sp³-hybridized carbons (Fsp3) is 0.417. The molecule has 0 saturated heterocycles. The molecule has 3 N–H and O–H groups in total. The summed E-state index contributed by atoms with van der Waals surface area (Å²) in [6, 6.07) is 6.50. The molecule has 6 heteroatoms. The first-order chi connectivity index (χ1) is 8.10. The van der Waals surface area contributed by atoms with Crippen LogP contribution in [0.15, 0.2) is 29.2 Å². The Balaban J connectivity index is 2.86. The molecule has 102 valence electrons. The summed E-state index contributed by atoms with van der Waals surface area (Å²) in [4.78, 5) is 11.9. The van der Waals surface area contributed by atoms with Gasteiger partial charge in [0.15, 0.2) is 0 Å². The van der Waals surface area contributed by atoms with Gasteiger partial charge in [-0.05, 0) is 24.6 Å². The van der Waals surface area contributed by atoms with Crippen molar-refractivity contribution in [3.8, 4) is 0 Å². The van der Waals surface area contributed by atoms with E-state index in [2.05, 4.69) is 0 Å². The van der Waals surface area contributed by atoms with Crippen molar-refractivity contribution in [3.05, 3.63) is 29.8 Å². The smallest absolute Gasteiger partial charge is 0.240 e. The van der Waals surface area contributed by atoms with Crippen LogP contribution in [0.2, 0.25) is 0 Å². The van der Waals surface area contributed by atoms with Crippen LogP contribution in [0, 0.1) is 0 Å². The zero-order valence-corrected chi connectivity index (χ0v) is 11.7. The van der Waals surface area contributed by atoms with Crippen LogP contribution in [0.4, 0.5) is 0 Å². The Morgan fingerprint density at radius 3 is 2.22 bits per heavy atom. The standard InChI is InChI=1S/C12H20N2O3S/c1-4-14(13)12(15)9-10-5-7-11(8-6-10)18(2,3,16)17/h5-8H,4,9,13H2,1-3H3,(H,16,17). The average molecular weight is 272 g/mol. The average Bonchev–Trinajstić information content (AvgIpc) is 2.26. The first-order valence-corrected chi connectivity index (χ1v) is 8.35. The van der Waals surface area contributed by atoms with E-state index in [1.807, 2.05) is 0 Å². The number of nitrogens with two attached hydrogens (primary N) is 1. The van der Waals surface area contributed by atoms with Crippen LogP contribution in [0.1, 0.15) is 12.5 Å². The second-order valence-corrected chi connectivity index (χ2v) is 8.76. The van der Waals surface area contributed by atoms with Gasteiger partial charge in [0.25, 0.3) is 0 Å². The predicted octanol–water partition coefficient (Wildman–Crippen LogP) is 0.863. The Morgan fingerprint density at radius 2 is 1.83 bits per heavy atom. The lowest BCUT2D eigenvalue weighted by Gasteiger charge is -2.33. The number of rotatable bonds is 4. The number of hydrazine groups is 1. The predicted molar refractivity (Wildman–Crippen MR) is 72.6 cm³/mol. The van der Waals surface area contributed by atoms with Crippen LogP contribution in [-0.2, 0) is 20.6 Å². The molecule has 5 nitrogen and oxygen atoms in total. The van der Waals surface area contributed by atoms with E-state index in [0.717, 1.165) is 10.6 Å². The maximum absolute atomic E-state index is 11.9. The van der Waals surface area contributed by atoms with Crippen LogP contribution < -0.4 is 5.84 Å². The van der Waals surface area contributed by atoms with E-state index in [0.29, 0.717) is 11.4 Å². The van der Waals surface area contributed by atoms with Gasteiger partial charge in [-0.3, -0.25) is 14.4 Å². The molecule has 18 heavy (non-hydrogen) atoms. The molecular weight excluding hydrogens is 252 g/mol. The van der Waals surface area contributed by atoms with E-state index in [9.17, 15) is 13.6 Å². The first-order valence-electron chi connectivity index (χ1n) is 5.61. The Hall–Kier alpha value is -1.24. The summed E-state index contributed by atoms with van der Waals surface area (Å²) in [5, 5.41) is 1.14. The molecule has 1 aromatic carbocycles. The number of carbonyl (C=O) groups excluding carboxylic acids is 1. The molecule has 1 aromatic rings. The minimum atomic E-state index is -3.71. The van der Waals surface area contributed by atoms with Crippen molar-refractivity contribution in [2.24, 2.45) is 5.84 Å². The summed E-state index contributed by atoms with van der Waals surface area (Å²) in [6.45, 7) is 2.24. The lowest BCUT2D eigenvalue weighted by molar-refractivity contribution is -0.130. The fourth-order valence-corrected chi connectivity index (χ4v) is 2.36. The minimum Gasteiger partial charge on any atom is -0.299 e. The second-order valence-electron chi connectivity index (χ2n) is 4.76. The zero-order chi connectivity index (χ0) is 14.0. The summed E-state index contributed by atoms with van der Waals surface area (Å²) < 4.78 is 21.7. The summed E-state index contributed by atoms with van der Waals surface area (Å²) in [5.74, 6) is 5.30. The number of hydrogen-bond donors (Lipinski definition) is 2. The number of nitrogens with zero attached hydrogens (tertiary/aromatic N) is 1. The van der Waals surface area contributed by atoms with Gasteiger partial charge in [-0.2, -0.15) is 9.35 Å². The molecule has 0 bridgehead atoms. The number of hydrogen-bond acceptors (Lipinski definition) is 3. The van der Waals surface area contributed by atoms with Gasteiger partial charge in [-0.15, -0.1) is 0 Å². The SMILES string of the molecule is CCN(N)C(=O)Cc1ccc(S(C)(C)(=O)O)cc1. The van der Waals surface area contributed by atoms with E-state index < -0.39 is 9.35 Å². The minimum absolute atomic E-state index is 0.181. The number of benzene rings is 1. The molecule has 1 amide bonds. The Bertz CT molecular complexity index is 494. The van der Waals surface area contributed by atoms with Gasteiger partial charge in [0.1, 0.15) is 0 Å². The largest absolute Gasteiger partial charge is 0.299 e. The normalized spacial score (nSPS) is 13.7. The Kier molecular flexibility index (Phi) is 3.95. The van der Waals surface area contributed by atoms with Crippen molar-refractivity contribution in [2.45, 2.75) is 18.2 Å². The molecule has 0 aliphatic carbocycles. The summed E-state index contributed by atoms with van der Waals surface area (Å²) in [6.07, 6.45) is 2.79. The molecule has 0 aliphatic rings. The molecule has 0 aromatic heterocycles. The van der Waals surface area contributed by atoms with Gasteiger partial charge in [-0.25, -0.2) is 10.1 Å². The fourth-order valence-electron chi connectivity index (χ4n) is 1.45. The number of likely N-dealkylation sites (N-methyl/N-ethyl adjacent to an activating group) is 1. The molecule has 0 fully saturated rings. The molecule has 0 heterocycles. The molecule has 0 atom stereocenters. The maximum atomic E-state index is 11.9. The Labute approximate surface area is 107 Å². The summed E-state index contributed by atoms with van der Waals surface area (Å²) >= 11 is 0. The van der Waals surface area contributed by atoms with Crippen LogP contribution in [0.5, 0.6) is 0 Å². The third-order valence-corrected chi connectivity index (χ3v) is 4.23. The van der Waals surface area contributed by atoms with E-state index in [4.69, 9.17) is 5.84 Å². The van der Waals surface area contributed by atoms with Crippen molar-refractivity contribution < 1.29 is 13.6 Å². The van der Waals surface area contributed by atoms with Gasteiger partial charge in [-0.1, -0.05) is 12.1 Å². The lowest BCUT2D eigenvalue weighted by Crippen LogP contribution is -2.38. The zero-order valence-electron chi connectivity index (χ0n) is 10.9. The van der Waals surface area contributed by atoms with Gasteiger partial charge in [0.05, 0.1) is 11.3 Å². The van der Waals surface area contributed by atoms with E-state index >= 15 is 0 Å². The highest BCUT2D eigenvalue weighted by atomic mass is 32.3. The van der Waals surface area contributed by atoms with Crippen LogP contribution in [-0.4, -0.2) is 38.7 Å². The highest BCUT2D eigenvalue weighted by Crippen LogP contribution is 2.25. The molecule has 0 spiro atoms. The third-order valence-electron chi connectivity index (χ3n) is 2.61. The molecule has 0 unspecified atom stereocenters. The topological polar surface area (TPSA) is 83.6 Å². The van der Waals surface area contributed by atoms with Gasteiger partial charge < -0.3 is 0 Å². The van der Waals surface area contributed by atoms with Crippen molar-refractivity contribution in [3.63, 3.8) is 0 Å². The molecule has 0 saturated carbocycles. The maximum Gasteiger partial charge on any atom is 0.240 e. The molecule has 0 radical (unpaired) electrons.